The fourth-order valence-electron chi connectivity index (χ4n) is 4.14. The van der Waals surface area contributed by atoms with Gasteiger partial charge in [0.05, 0.1) is 12.1 Å². The number of benzene rings is 1. The van der Waals surface area contributed by atoms with Gasteiger partial charge in [-0.2, -0.15) is 0 Å². The number of para-hydroxylation sites is 1. The molecular formula is C18H24N4O. The van der Waals surface area contributed by atoms with E-state index in [2.05, 4.69) is 31.9 Å². The molecule has 1 N–H and O–H groups in total. The second-order valence-electron chi connectivity index (χ2n) is 6.68. The molecule has 5 nitrogen and oxygen atoms in total. The number of aromatic nitrogens is 2. The Balaban J connectivity index is 1.60. The molecule has 2 atom stereocenters. The van der Waals surface area contributed by atoms with Crippen molar-refractivity contribution in [2.45, 2.75) is 37.8 Å². The summed E-state index contributed by atoms with van der Waals surface area (Å²) < 4.78 is 0. The lowest BCUT2D eigenvalue weighted by Crippen LogP contribution is -2.43. The maximum absolute atomic E-state index is 9.56. The van der Waals surface area contributed by atoms with Crippen LogP contribution in [0.15, 0.2) is 30.6 Å². The predicted octanol–water partition coefficient (Wildman–Crippen LogP) is 2.06. The number of nitrogens with zero attached hydrogens (tertiary/aromatic N) is 4. The first-order chi connectivity index (χ1) is 11.4. The molecule has 0 saturated carbocycles. The zero-order valence-electron chi connectivity index (χ0n) is 13.4. The zero-order valence-corrected chi connectivity index (χ0v) is 13.4. The lowest BCUT2D eigenvalue weighted by molar-refractivity contribution is 0.153. The molecule has 0 radical (unpaired) electrons. The van der Waals surface area contributed by atoms with Crippen LogP contribution in [0.5, 0.6) is 0 Å². The fourth-order valence-corrected chi connectivity index (χ4v) is 4.14. The normalized spacial score (nSPS) is 25.5. The molecule has 0 aliphatic carbocycles. The van der Waals surface area contributed by atoms with Gasteiger partial charge in [0.2, 0.25) is 0 Å². The van der Waals surface area contributed by atoms with E-state index < -0.39 is 0 Å². The van der Waals surface area contributed by atoms with Crippen LogP contribution in [0.2, 0.25) is 0 Å². The minimum absolute atomic E-state index is 0.281. The number of likely N-dealkylation sites (tertiary alicyclic amines) is 1. The molecule has 3 heterocycles. The number of anilines is 1. The van der Waals surface area contributed by atoms with Crippen molar-refractivity contribution < 1.29 is 5.11 Å². The smallest absolute Gasteiger partial charge is 0.140 e. The molecule has 2 saturated heterocycles. The molecular weight excluding hydrogens is 288 g/mol. The van der Waals surface area contributed by atoms with Crippen LogP contribution in [-0.2, 0) is 0 Å². The zero-order chi connectivity index (χ0) is 15.6. The van der Waals surface area contributed by atoms with Gasteiger partial charge in [-0.3, -0.25) is 4.90 Å². The largest absolute Gasteiger partial charge is 0.395 e. The van der Waals surface area contributed by atoms with E-state index >= 15 is 0 Å². The van der Waals surface area contributed by atoms with Crippen molar-refractivity contribution in [3.8, 4) is 0 Å². The van der Waals surface area contributed by atoms with Gasteiger partial charge in [0.1, 0.15) is 12.1 Å². The molecule has 4 rings (SSSR count). The predicted molar refractivity (Wildman–Crippen MR) is 91.6 cm³/mol. The maximum atomic E-state index is 9.56. The Morgan fingerprint density at radius 3 is 2.78 bits per heavy atom. The minimum atomic E-state index is 0.281. The first kappa shape index (κ1) is 14.8. The Labute approximate surface area is 137 Å². The fraction of sp³-hybridized carbons (Fsp3) is 0.556. The summed E-state index contributed by atoms with van der Waals surface area (Å²) in [4.78, 5) is 13.9. The van der Waals surface area contributed by atoms with E-state index in [1.165, 1.54) is 19.3 Å². The van der Waals surface area contributed by atoms with Crippen LogP contribution in [-0.4, -0.2) is 58.3 Å². The Bertz CT molecular complexity index is 672. The summed E-state index contributed by atoms with van der Waals surface area (Å²) in [5.41, 5.74) is 1.01. The van der Waals surface area contributed by atoms with Gasteiger partial charge in [-0.1, -0.05) is 12.1 Å². The van der Waals surface area contributed by atoms with Crippen molar-refractivity contribution >= 4 is 16.7 Å². The topological polar surface area (TPSA) is 52.5 Å². The quantitative estimate of drug-likeness (QED) is 0.936. The van der Waals surface area contributed by atoms with Crippen LogP contribution >= 0.6 is 0 Å². The average Bonchev–Trinajstić information content (AvgIpc) is 3.24. The van der Waals surface area contributed by atoms with Gasteiger partial charge in [-0.25, -0.2) is 9.97 Å². The summed E-state index contributed by atoms with van der Waals surface area (Å²) in [5.74, 6) is 1.07. The number of hydrogen-bond acceptors (Lipinski definition) is 5. The standard InChI is InChI=1S/C18H24N4O/c23-12-15-6-3-9-21(15)11-14-5-4-10-22(14)18-16-7-1-2-8-17(16)19-13-20-18/h1-2,7-8,13-15,23H,3-6,9-12H2. The maximum Gasteiger partial charge on any atom is 0.140 e. The van der Waals surface area contributed by atoms with Crippen molar-refractivity contribution in [2.24, 2.45) is 0 Å². The third-order valence-corrected chi connectivity index (χ3v) is 5.33. The monoisotopic (exact) mass is 312 g/mol. The highest BCUT2D eigenvalue weighted by Crippen LogP contribution is 2.30. The SMILES string of the molecule is OCC1CCCN1CC1CCCN1c1ncnc2ccccc12. The molecule has 23 heavy (non-hydrogen) atoms. The van der Waals surface area contributed by atoms with Gasteiger partial charge < -0.3 is 10.0 Å². The summed E-state index contributed by atoms with van der Waals surface area (Å²) in [6.45, 7) is 3.48. The van der Waals surface area contributed by atoms with E-state index in [9.17, 15) is 5.11 Å². The van der Waals surface area contributed by atoms with Crippen LogP contribution in [0.4, 0.5) is 5.82 Å². The van der Waals surface area contributed by atoms with E-state index in [1.807, 2.05) is 12.1 Å². The molecule has 2 aliphatic heterocycles. The second-order valence-corrected chi connectivity index (χ2v) is 6.68. The first-order valence-corrected chi connectivity index (χ1v) is 8.68. The molecule has 0 bridgehead atoms. The summed E-state index contributed by atoms with van der Waals surface area (Å²) >= 11 is 0. The first-order valence-electron chi connectivity index (χ1n) is 8.68. The Hall–Kier alpha value is -1.72. The van der Waals surface area contributed by atoms with Gasteiger partial charge in [0.25, 0.3) is 0 Å². The van der Waals surface area contributed by atoms with Crippen molar-refractivity contribution in [3.05, 3.63) is 30.6 Å². The third kappa shape index (κ3) is 2.79. The van der Waals surface area contributed by atoms with Gasteiger partial charge in [-0.05, 0) is 44.4 Å². The molecule has 1 aromatic carbocycles. The van der Waals surface area contributed by atoms with Crippen LogP contribution in [0.25, 0.3) is 10.9 Å². The van der Waals surface area contributed by atoms with Crippen LogP contribution < -0.4 is 4.90 Å². The highest BCUT2D eigenvalue weighted by atomic mass is 16.3. The lowest BCUT2D eigenvalue weighted by atomic mass is 10.1. The Kier molecular flexibility index (Phi) is 4.14. The van der Waals surface area contributed by atoms with Crippen molar-refractivity contribution in [1.29, 1.82) is 0 Å². The highest BCUT2D eigenvalue weighted by molar-refractivity contribution is 5.89. The van der Waals surface area contributed by atoms with E-state index in [-0.39, 0.29) is 6.61 Å². The average molecular weight is 312 g/mol. The van der Waals surface area contributed by atoms with Crippen LogP contribution in [0.3, 0.4) is 0 Å². The third-order valence-electron chi connectivity index (χ3n) is 5.33. The van der Waals surface area contributed by atoms with E-state index in [1.54, 1.807) is 6.33 Å². The van der Waals surface area contributed by atoms with Gasteiger partial charge in [-0.15, -0.1) is 0 Å². The number of rotatable bonds is 4. The van der Waals surface area contributed by atoms with Crippen molar-refractivity contribution in [1.82, 2.24) is 14.9 Å². The molecule has 0 spiro atoms. The van der Waals surface area contributed by atoms with Gasteiger partial charge >= 0.3 is 0 Å². The second kappa shape index (κ2) is 6.42. The molecule has 0 amide bonds. The summed E-state index contributed by atoms with van der Waals surface area (Å²) in [6, 6.07) is 9.08. The number of aliphatic hydroxyl groups excluding tert-OH is 1. The molecule has 2 aromatic rings. The molecule has 1 aromatic heterocycles. The summed E-state index contributed by atoms with van der Waals surface area (Å²) in [7, 11) is 0. The molecule has 2 fully saturated rings. The Morgan fingerprint density at radius 1 is 1.04 bits per heavy atom. The van der Waals surface area contributed by atoms with E-state index in [0.29, 0.717) is 12.1 Å². The molecule has 2 aliphatic rings. The van der Waals surface area contributed by atoms with Crippen molar-refractivity contribution in [3.63, 3.8) is 0 Å². The molecule has 122 valence electrons. The van der Waals surface area contributed by atoms with Crippen LogP contribution in [0.1, 0.15) is 25.7 Å². The number of aliphatic hydroxyl groups is 1. The summed E-state index contributed by atoms with van der Waals surface area (Å²) in [6.07, 6.45) is 6.42. The molecule has 2 unspecified atom stereocenters. The van der Waals surface area contributed by atoms with E-state index in [4.69, 9.17) is 0 Å². The number of fused-ring (bicyclic) bond motifs is 1. The highest BCUT2D eigenvalue weighted by Gasteiger charge is 2.32. The van der Waals surface area contributed by atoms with Gasteiger partial charge in [0.15, 0.2) is 0 Å². The number of hydrogen-bond donors (Lipinski definition) is 1. The lowest BCUT2D eigenvalue weighted by Gasteiger charge is -2.32. The van der Waals surface area contributed by atoms with E-state index in [0.717, 1.165) is 42.8 Å². The van der Waals surface area contributed by atoms with Crippen molar-refractivity contribution in [2.75, 3.05) is 31.1 Å². The minimum Gasteiger partial charge on any atom is -0.395 e. The Morgan fingerprint density at radius 2 is 1.87 bits per heavy atom. The van der Waals surface area contributed by atoms with Gasteiger partial charge in [0, 0.05) is 30.6 Å². The summed E-state index contributed by atoms with van der Waals surface area (Å²) in [5, 5.41) is 10.7. The molecule has 5 heteroatoms. The van der Waals surface area contributed by atoms with Crippen LogP contribution in [0, 0.1) is 0 Å².